The molecule has 1 rings (SSSR count). The molecular formula is C13H22FNO3Si. The molecule has 0 spiro atoms. The number of halogens is 1. The maximum Gasteiger partial charge on any atom is 0.192 e. The third-order valence-electron chi connectivity index (χ3n) is 3.90. The van der Waals surface area contributed by atoms with E-state index in [-0.39, 0.29) is 18.1 Å². The molecule has 0 aromatic carbocycles. The summed E-state index contributed by atoms with van der Waals surface area (Å²) >= 11 is 0. The maximum absolute atomic E-state index is 13.9. The summed E-state index contributed by atoms with van der Waals surface area (Å²) in [7, 11) is -2.18. The second kappa shape index (κ2) is 5.69. The number of ether oxygens (including phenoxy) is 1. The fraction of sp³-hybridized carbons (Fsp3) is 0.846. The molecule has 0 saturated carbocycles. The van der Waals surface area contributed by atoms with Gasteiger partial charge in [0.1, 0.15) is 12.2 Å². The molecule has 1 aliphatic rings. The van der Waals surface area contributed by atoms with E-state index in [2.05, 4.69) is 0 Å². The van der Waals surface area contributed by atoms with Crippen LogP contribution < -0.4 is 0 Å². The van der Waals surface area contributed by atoms with Crippen LogP contribution in [0, 0.1) is 11.3 Å². The van der Waals surface area contributed by atoms with Gasteiger partial charge in [0.2, 0.25) is 0 Å². The van der Waals surface area contributed by atoms with Gasteiger partial charge < -0.3 is 9.16 Å². The quantitative estimate of drug-likeness (QED) is 0.746. The molecule has 108 valence electrons. The van der Waals surface area contributed by atoms with E-state index in [0.29, 0.717) is 0 Å². The van der Waals surface area contributed by atoms with Crippen molar-refractivity contribution in [2.45, 2.75) is 63.7 Å². The minimum absolute atomic E-state index is 0.0713. The van der Waals surface area contributed by atoms with Gasteiger partial charge in [-0.3, -0.25) is 4.79 Å². The zero-order chi connectivity index (χ0) is 14.8. The fourth-order valence-electron chi connectivity index (χ4n) is 1.68. The number of Topliss-reactive ketones (excluding diaryl/α,β-unsaturated/α-hetero) is 1. The topological polar surface area (TPSA) is 59.3 Å². The maximum atomic E-state index is 13.9. The lowest BCUT2D eigenvalue weighted by Crippen LogP contribution is -2.49. The molecule has 0 amide bonds. The summed E-state index contributed by atoms with van der Waals surface area (Å²) < 4.78 is 25.0. The van der Waals surface area contributed by atoms with Crippen LogP contribution in [0.3, 0.4) is 0 Å². The van der Waals surface area contributed by atoms with Gasteiger partial charge in [-0.2, -0.15) is 5.26 Å². The summed E-state index contributed by atoms with van der Waals surface area (Å²) in [6.07, 6.45) is -3.39. The Hall–Kier alpha value is -0.773. The number of hydrogen-bond acceptors (Lipinski definition) is 4. The Morgan fingerprint density at radius 3 is 2.58 bits per heavy atom. The van der Waals surface area contributed by atoms with Crippen LogP contribution in [0.2, 0.25) is 18.1 Å². The molecule has 0 aliphatic carbocycles. The van der Waals surface area contributed by atoms with Crippen molar-refractivity contribution >= 4 is 14.1 Å². The lowest BCUT2D eigenvalue weighted by Gasteiger charge is -2.39. The van der Waals surface area contributed by atoms with Gasteiger partial charge in [-0.15, -0.1) is 0 Å². The van der Waals surface area contributed by atoms with E-state index in [4.69, 9.17) is 14.4 Å². The van der Waals surface area contributed by atoms with Crippen molar-refractivity contribution in [1.29, 1.82) is 5.26 Å². The Morgan fingerprint density at radius 2 is 2.11 bits per heavy atom. The van der Waals surface area contributed by atoms with Crippen LogP contribution in [0.15, 0.2) is 0 Å². The number of nitriles is 1. The molecule has 0 bridgehead atoms. The van der Waals surface area contributed by atoms with Gasteiger partial charge in [0.15, 0.2) is 20.3 Å². The Morgan fingerprint density at radius 1 is 1.53 bits per heavy atom. The Kier molecular flexibility index (Phi) is 4.88. The molecule has 1 fully saturated rings. The zero-order valence-electron chi connectivity index (χ0n) is 12.2. The van der Waals surface area contributed by atoms with Crippen LogP contribution in [0.4, 0.5) is 4.39 Å². The monoisotopic (exact) mass is 287 g/mol. The van der Waals surface area contributed by atoms with Crippen LogP contribution in [-0.4, -0.2) is 39.1 Å². The highest BCUT2D eigenvalue weighted by molar-refractivity contribution is 6.74. The van der Waals surface area contributed by atoms with Crippen LogP contribution in [0.25, 0.3) is 0 Å². The fourth-order valence-corrected chi connectivity index (χ4v) is 2.99. The Balaban J connectivity index is 2.85. The normalized spacial score (nSPS) is 28.2. The molecule has 6 heteroatoms. The van der Waals surface area contributed by atoms with Crippen LogP contribution >= 0.6 is 0 Å². The molecule has 0 aromatic heterocycles. The van der Waals surface area contributed by atoms with E-state index in [1.807, 2.05) is 33.9 Å². The molecule has 3 atom stereocenters. The molecule has 0 radical (unpaired) electrons. The summed E-state index contributed by atoms with van der Waals surface area (Å²) in [5.74, 6) is -0.397. The molecular weight excluding hydrogens is 265 g/mol. The van der Waals surface area contributed by atoms with Gasteiger partial charge in [0.25, 0.3) is 0 Å². The van der Waals surface area contributed by atoms with Gasteiger partial charge in [-0.1, -0.05) is 20.8 Å². The average Bonchev–Trinajstić information content (AvgIpc) is 2.59. The molecule has 1 heterocycles. The standard InChI is InChI=1S/C13H22FNO3Si/c1-13(2,3)19(4,5)18-11-9(14)8-17-12(11)10(16)6-7-15/h9,11-12H,6,8H2,1-5H3/t9-,11?,12-/m0/s1. The zero-order valence-corrected chi connectivity index (χ0v) is 13.2. The Bertz CT molecular complexity index is 386. The molecule has 1 saturated heterocycles. The summed E-state index contributed by atoms with van der Waals surface area (Å²) in [6, 6.07) is 1.78. The predicted molar refractivity (Wildman–Crippen MR) is 71.9 cm³/mol. The number of ketones is 1. The SMILES string of the molecule is CC(C)(C)[Si](C)(C)OC1[C@@H](F)CO[C@H]1C(=O)CC#N. The second-order valence-corrected chi connectivity index (χ2v) is 11.2. The van der Waals surface area contributed by atoms with Crippen molar-refractivity contribution in [3.8, 4) is 6.07 Å². The summed E-state index contributed by atoms with van der Waals surface area (Å²) in [4.78, 5) is 11.8. The number of alkyl halides is 1. The highest BCUT2D eigenvalue weighted by Gasteiger charge is 2.48. The van der Waals surface area contributed by atoms with Crippen molar-refractivity contribution < 1.29 is 18.3 Å². The van der Waals surface area contributed by atoms with E-state index in [1.165, 1.54) is 0 Å². The lowest BCUT2D eigenvalue weighted by molar-refractivity contribution is -0.130. The van der Waals surface area contributed by atoms with Gasteiger partial charge in [0, 0.05) is 0 Å². The first-order chi connectivity index (χ1) is 8.60. The molecule has 4 nitrogen and oxygen atoms in total. The Labute approximate surface area is 115 Å². The number of carbonyl (C=O) groups excluding carboxylic acids is 1. The predicted octanol–water partition coefficient (Wildman–Crippen LogP) is 2.60. The van der Waals surface area contributed by atoms with Crippen molar-refractivity contribution in [2.75, 3.05) is 6.61 Å². The minimum atomic E-state index is -2.18. The largest absolute Gasteiger partial charge is 0.408 e. The van der Waals surface area contributed by atoms with Crippen LogP contribution in [0.1, 0.15) is 27.2 Å². The highest BCUT2D eigenvalue weighted by Crippen LogP contribution is 2.39. The van der Waals surface area contributed by atoms with Gasteiger partial charge >= 0.3 is 0 Å². The first-order valence-electron chi connectivity index (χ1n) is 6.43. The number of rotatable bonds is 4. The first kappa shape index (κ1) is 16.3. The lowest BCUT2D eigenvalue weighted by atomic mass is 10.1. The summed E-state index contributed by atoms with van der Waals surface area (Å²) in [5.41, 5.74) is 0. The van der Waals surface area contributed by atoms with Gasteiger partial charge in [0.05, 0.1) is 19.1 Å². The number of hydrogen-bond donors (Lipinski definition) is 0. The van der Waals surface area contributed by atoms with Crippen molar-refractivity contribution in [3.63, 3.8) is 0 Å². The smallest absolute Gasteiger partial charge is 0.192 e. The average molecular weight is 287 g/mol. The van der Waals surface area contributed by atoms with E-state index < -0.39 is 32.5 Å². The third kappa shape index (κ3) is 3.62. The van der Waals surface area contributed by atoms with E-state index in [9.17, 15) is 9.18 Å². The second-order valence-electron chi connectivity index (χ2n) is 6.41. The van der Waals surface area contributed by atoms with Crippen molar-refractivity contribution in [2.24, 2.45) is 0 Å². The number of carbonyl (C=O) groups is 1. The van der Waals surface area contributed by atoms with E-state index >= 15 is 0 Å². The van der Waals surface area contributed by atoms with Crippen LogP contribution in [-0.2, 0) is 14.0 Å². The first-order valence-corrected chi connectivity index (χ1v) is 9.34. The minimum Gasteiger partial charge on any atom is -0.408 e. The van der Waals surface area contributed by atoms with Gasteiger partial charge in [-0.25, -0.2) is 4.39 Å². The van der Waals surface area contributed by atoms with Gasteiger partial charge in [-0.05, 0) is 18.1 Å². The van der Waals surface area contributed by atoms with Crippen molar-refractivity contribution in [3.05, 3.63) is 0 Å². The molecule has 19 heavy (non-hydrogen) atoms. The molecule has 1 unspecified atom stereocenters. The molecule has 0 N–H and O–H groups in total. The number of nitrogens with zero attached hydrogens (tertiary/aromatic N) is 1. The van der Waals surface area contributed by atoms with E-state index in [0.717, 1.165) is 0 Å². The summed E-state index contributed by atoms with van der Waals surface area (Å²) in [6.45, 7) is 10.0. The van der Waals surface area contributed by atoms with Crippen LogP contribution in [0.5, 0.6) is 0 Å². The highest BCUT2D eigenvalue weighted by atomic mass is 28.4. The van der Waals surface area contributed by atoms with E-state index in [1.54, 1.807) is 6.07 Å². The molecule has 0 aromatic rings. The summed E-state index contributed by atoms with van der Waals surface area (Å²) in [5, 5.41) is 8.49. The van der Waals surface area contributed by atoms with Crippen molar-refractivity contribution in [1.82, 2.24) is 0 Å². The molecule has 1 aliphatic heterocycles. The third-order valence-corrected chi connectivity index (χ3v) is 8.37.